The smallest absolute Gasteiger partial charge is 0.274 e. The first-order valence-corrected chi connectivity index (χ1v) is 7.14. The zero-order valence-corrected chi connectivity index (χ0v) is 12.4. The molecule has 2 rings (SSSR count). The molecule has 1 aliphatic rings. The molecule has 0 atom stereocenters. The second-order valence-corrected chi connectivity index (χ2v) is 5.81. The molecule has 0 radical (unpaired) electrons. The van der Waals surface area contributed by atoms with Gasteiger partial charge in [0.25, 0.3) is 5.92 Å². The molecule has 1 heterocycles. The first-order valence-electron chi connectivity index (χ1n) is 6.35. The van der Waals surface area contributed by atoms with Crippen LogP contribution in [0.1, 0.15) is 25.3 Å². The Morgan fingerprint density at radius 1 is 1.37 bits per heavy atom. The van der Waals surface area contributed by atoms with Crippen LogP contribution in [0.15, 0.2) is 22.7 Å². The molecular weight excluding hydrogens is 318 g/mol. The lowest BCUT2D eigenvalue weighted by atomic mass is 10.0. The Labute approximate surface area is 120 Å². The first-order chi connectivity index (χ1) is 8.97. The summed E-state index contributed by atoms with van der Waals surface area (Å²) in [6.45, 7) is 2.80. The van der Waals surface area contributed by atoms with Gasteiger partial charge >= 0.3 is 0 Å². The minimum Gasteiger partial charge on any atom is -0.493 e. The van der Waals surface area contributed by atoms with Gasteiger partial charge in [-0.1, -0.05) is 15.9 Å². The van der Waals surface area contributed by atoms with Gasteiger partial charge in [0, 0.05) is 24.6 Å². The summed E-state index contributed by atoms with van der Waals surface area (Å²) < 4.78 is 38.6. The van der Waals surface area contributed by atoms with Gasteiger partial charge in [-0.15, -0.1) is 0 Å². The van der Waals surface area contributed by atoms with Crippen molar-refractivity contribution in [3.05, 3.63) is 28.2 Å². The Bertz CT molecular complexity index is 426. The third kappa shape index (κ3) is 4.14. The van der Waals surface area contributed by atoms with Crippen LogP contribution in [0, 0.1) is 5.92 Å². The molecule has 106 valence electrons. The van der Waals surface area contributed by atoms with Gasteiger partial charge in [0.05, 0.1) is 12.2 Å². The maximum Gasteiger partial charge on any atom is 0.274 e. The minimum absolute atomic E-state index is 0.0669. The SMILES string of the molecule is CC(F)(F)c1ccc(Br)cc1OCC1CCOCC1. The standard InChI is InChI=1S/C14H17BrF2O2/c1-14(16,17)12-3-2-11(15)8-13(12)19-9-10-4-6-18-7-5-10/h2-3,8,10H,4-7,9H2,1H3. The number of benzene rings is 1. The van der Waals surface area contributed by atoms with E-state index in [0.29, 0.717) is 12.5 Å². The van der Waals surface area contributed by atoms with Gasteiger partial charge in [-0.05, 0) is 37.0 Å². The molecule has 0 amide bonds. The Kier molecular flexibility index (Phi) is 4.79. The van der Waals surface area contributed by atoms with Crippen molar-refractivity contribution in [2.24, 2.45) is 5.92 Å². The van der Waals surface area contributed by atoms with Crippen molar-refractivity contribution in [2.75, 3.05) is 19.8 Å². The number of hydrogen-bond acceptors (Lipinski definition) is 2. The monoisotopic (exact) mass is 334 g/mol. The largest absolute Gasteiger partial charge is 0.493 e. The molecule has 1 fully saturated rings. The molecule has 0 aromatic heterocycles. The fourth-order valence-corrected chi connectivity index (χ4v) is 2.44. The van der Waals surface area contributed by atoms with Crippen molar-refractivity contribution >= 4 is 15.9 Å². The van der Waals surface area contributed by atoms with Crippen LogP contribution >= 0.6 is 15.9 Å². The third-order valence-corrected chi connectivity index (χ3v) is 3.73. The number of alkyl halides is 2. The molecule has 0 saturated carbocycles. The molecule has 0 aliphatic carbocycles. The lowest BCUT2D eigenvalue weighted by Crippen LogP contribution is -2.22. The van der Waals surface area contributed by atoms with Crippen molar-refractivity contribution in [3.63, 3.8) is 0 Å². The predicted octanol–water partition coefficient (Wildman–Crippen LogP) is 4.37. The number of hydrogen-bond donors (Lipinski definition) is 0. The van der Waals surface area contributed by atoms with Gasteiger partial charge in [-0.3, -0.25) is 0 Å². The molecule has 5 heteroatoms. The van der Waals surface area contributed by atoms with Crippen molar-refractivity contribution < 1.29 is 18.3 Å². The van der Waals surface area contributed by atoms with Gasteiger partial charge < -0.3 is 9.47 Å². The van der Waals surface area contributed by atoms with Gasteiger partial charge in [0.15, 0.2) is 0 Å². The van der Waals surface area contributed by atoms with E-state index < -0.39 is 5.92 Å². The molecule has 0 spiro atoms. The van der Waals surface area contributed by atoms with Crippen molar-refractivity contribution in [1.29, 1.82) is 0 Å². The normalized spacial score (nSPS) is 17.5. The number of rotatable bonds is 4. The van der Waals surface area contributed by atoms with E-state index >= 15 is 0 Å². The molecule has 2 nitrogen and oxygen atoms in total. The van der Waals surface area contributed by atoms with Crippen LogP contribution in [0.2, 0.25) is 0 Å². The third-order valence-electron chi connectivity index (χ3n) is 3.23. The van der Waals surface area contributed by atoms with Crippen LogP contribution in [0.3, 0.4) is 0 Å². The summed E-state index contributed by atoms with van der Waals surface area (Å²) in [7, 11) is 0. The number of ether oxygens (including phenoxy) is 2. The molecule has 19 heavy (non-hydrogen) atoms. The second-order valence-electron chi connectivity index (χ2n) is 4.90. The Morgan fingerprint density at radius 3 is 2.68 bits per heavy atom. The predicted molar refractivity (Wildman–Crippen MR) is 72.7 cm³/mol. The van der Waals surface area contributed by atoms with Gasteiger partial charge in [0.1, 0.15) is 5.75 Å². The second kappa shape index (κ2) is 6.18. The molecule has 1 saturated heterocycles. The van der Waals surface area contributed by atoms with E-state index in [0.717, 1.165) is 37.5 Å². The summed E-state index contributed by atoms with van der Waals surface area (Å²) in [6.07, 6.45) is 1.84. The van der Waals surface area contributed by atoms with Crippen molar-refractivity contribution in [2.45, 2.75) is 25.7 Å². The molecule has 1 aromatic rings. The van der Waals surface area contributed by atoms with Gasteiger partial charge in [0.2, 0.25) is 0 Å². The van der Waals surface area contributed by atoms with E-state index in [-0.39, 0.29) is 11.3 Å². The minimum atomic E-state index is -2.90. The van der Waals surface area contributed by atoms with Crippen molar-refractivity contribution in [3.8, 4) is 5.75 Å². The molecule has 0 unspecified atom stereocenters. The molecular formula is C14H17BrF2O2. The molecule has 0 bridgehead atoms. The summed E-state index contributed by atoms with van der Waals surface area (Å²) in [4.78, 5) is 0. The molecule has 0 N–H and O–H groups in total. The van der Waals surface area contributed by atoms with Crippen LogP contribution in [0.4, 0.5) is 8.78 Å². The summed E-state index contributed by atoms with van der Waals surface area (Å²) in [5.41, 5.74) is -0.0669. The molecule has 1 aromatic carbocycles. The Balaban J connectivity index is 2.07. The van der Waals surface area contributed by atoms with Gasteiger partial charge in [-0.2, -0.15) is 0 Å². The fraction of sp³-hybridized carbons (Fsp3) is 0.571. The number of halogens is 3. The van der Waals surface area contributed by atoms with Crippen LogP contribution in [0.5, 0.6) is 5.75 Å². The highest BCUT2D eigenvalue weighted by Crippen LogP contribution is 2.36. The van der Waals surface area contributed by atoms with Crippen molar-refractivity contribution in [1.82, 2.24) is 0 Å². The van der Waals surface area contributed by atoms with Crippen LogP contribution in [-0.2, 0) is 10.7 Å². The highest BCUT2D eigenvalue weighted by Gasteiger charge is 2.29. The lowest BCUT2D eigenvalue weighted by molar-refractivity contribution is 0.0122. The van der Waals surface area contributed by atoms with Gasteiger partial charge in [-0.25, -0.2) is 8.78 Å². The fourth-order valence-electron chi connectivity index (χ4n) is 2.10. The summed E-state index contributed by atoms with van der Waals surface area (Å²) >= 11 is 3.28. The van der Waals surface area contributed by atoms with E-state index in [9.17, 15) is 8.78 Å². The Hall–Kier alpha value is -0.680. The zero-order chi connectivity index (χ0) is 13.9. The van der Waals surface area contributed by atoms with E-state index in [1.807, 2.05) is 0 Å². The van der Waals surface area contributed by atoms with Crippen LogP contribution in [-0.4, -0.2) is 19.8 Å². The quantitative estimate of drug-likeness (QED) is 0.814. The maximum absolute atomic E-state index is 13.5. The summed E-state index contributed by atoms with van der Waals surface area (Å²) in [5, 5.41) is 0. The topological polar surface area (TPSA) is 18.5 Å². The first kappa shape index (κ1) is 14.7. The molecule has 1 aliphatic heterocycles. The highest BCUT2D eigenvalue weighted by molar-refractivity contribution is 9.10. The lowest BCUT2D eigenvalue weighted by Gasteiger charge is -2.23. The maximum atomic E-state index is 13.5. The summed E-state index contributed by atoms with van der Waals surface area (Å²) in [6, 6.07) is 4.61. The average molecular weight is 335 g/mol. The highest BCUT2D eigenvalue weighted by atomic mass is 79.9. The van der Waals surface area contributed by atoms with Crippen LogP contribution in [0.25, 0.3) is 0 Å². The van der Waals surface area contributed by atoms with E-state index in [1.165, 1.54) is 6.07 Å². The van der Waals surface area contributed by atoms with E-state index in [4.69, 9.17) is 9.47 Å². The summed E-state index contributed by atoms with van der Waals surface area (Å²) in [5.74, 6) is -2.26. The van der Waals surface area contributed by atoms with E-state index in [1.54, 1.807) is 12.1 Å². The van der Waals surface area contributed by atoms with Crippen LogP contribution < -0.4 is 4.74 Å². The average Bonchev–Trinajstić information content (AvgIpc) is 2.36. The Morgan fingerprint density at radius 2 is 2.05 bits per heavy atom. The van der Waals surface area contributed by atoms with E-state index in [2.05, 4.69) is 15.9 Å². The zero-order valence-electron chi connectivity index (χ0n) is 10.8.